The number of pyridine rings is 1. The van der Waals surface area contributed by atoms with Crippen LogP contribution in [0.1, 0.15) is 48.0 Å². The Kier molecular flexibility index (Phi) is 4.56. The van der Waals surface area contributed by atoms with Gasteiger partial charge in [0.25, 0.3) is 5.91 Å². The van der Waals surface area contributed by atoms with E-state index >= 15 is 0 Å². The number of nitrogens with zero attached hydrogens (tertiary/aromatic N) is 1. The number of hydrogen-bond donors (Lipinski definition) is 1. The van der Waals surface area contributed by atoms with Gasteiger partial charge in [0, 0.05) is 18.0 Å². The van der Waals surface area contributed by atoms with Crippen molar-refractivity contribution >= 4 is 5.91 Å². The average Bonchev–Trinajstić information content (AvgIpc) is 2.85. The summed E-state index contributed by atoms with van der Waals surface area (Å²) in [5.74, 6) is 0.669. The highest BCUT2D eigenvalue weighted by atomic mass is 16.3. The molecule has 1 amide bonds. The number of amides is 1. The average molecular weight is 272 g/mol. The van der Waals surface area contributed by atoms with Crippen LogP contribution in [-0.2, 0) is 0 Å². The Bertz CT molecular complexity index is 561. The molecule has 4 heteroatoms. The lowest BCUT2D eigenvalue weighted by molar-refractivity contribution is 0.0903. The van der Waals surface area contributed by atoms with Crippen LogP contribution in [0, 0.1) is 12.8 Å². The molecule has 0 aromatic carbocycles. The summed E-state index contributed by atoms with van der Waals surface area (Å²) in [6, 6.07) is 5.60. The predicted octanol–water partition coefficient (Wildman–Crippen LogP) is 3.50. The summed E-state index contributed by atoms with van der Waals surface area (Å²) in [5, 5.41) is 3.04. The Morgan fingerprint density at radius 3 is 2.75 bits per heavy atom. The van der Waals surface area contributed by atoms with Crippen LogP contribution in [0.3, 0.4) is 0 Å². The van der Waals surface area contributed by atoms with E-state index in [4.69, 9.17) is 4.42 Å². The van der Waals surface area contributed by atoms with Crippen LogP contribution in [0.5, 0.6) is 0 Å². The minimum atomic E-state index is -0.179. The largest absolute Gasteiger partial charge is 0.459 e. The summed E-state index contributed by atoms with van der Waals surface area (Å²) >= 11 is 0. The molecule has 2 heterocycles. The molecule has 1 N–H and O–H groups in total. The lowest BCUT2D eigenvalue weighted by Crippen LogP contribution is -2.29. The molecule has 0 saturated heterocycles. The van der Waals surface area contributed by atoms with E-state index in [2.05, 4.69) is 24.1 Å². The van der Waals surface area contributed by atoms with Crippen molar-refractivity contribution in [3.63, 3.8) is 0 Å². The molecule has 0 radical (unpaired) electrons. The third kappa shape index (κ3) is 3.47. The number of carbonyl (C=O) groups is 1. The smallest absolute Gasteiger partial charge is 0.287 e. The summed E-state index contributed by atoms with van der Waals surface area (Å²) in [4.78, 5) is 16.4. The van der Waals surface area contributed by atoms with Crippen molar-refractivity contribution in [1.29, 1.82) is 0 Å². The van der Waals surface area contributed by atoms with Crippen LogP contribution in [0.4, 0.5) is 0 Å². The zero-order valence-electron chi connectivity index (χ0n) is 12.1. The molecule has 4 nitrogen and oxygen atoms in total. The Morgan fingerprint density at radius 2 is 2.20 bits per heavy atom. The number of carbonyl (C=O) groups excluding carboxylic acids is 1. The molecule has 0 spiro atoms. The van der Waals surface area contributed by atoms with Gasteiger partial charge in [-0.15, -0.1) is 0 Å². The molecule has 106 valence electrons. The molecule has 0 bridgehead atoms. The predicted molar refractivity (Wildman–Crippen MR) is 77.3 cm³/mol. The fraction of sp³-hybridized carbons (Fsp3) is 0.375. The van der Waals surface area contributed by atoms with E-state index in [1.165, 1.54) is 6.26 Å². The molecule has 0 unspecified atom stereocenters. The van der Waals surface area contributed by atoms with E-state index in [0.717, 1.165) is 17.5 Å². The van der Waals surface area contributed by atoms with Crippen molar-refractivity contribution in [2.24, 2.45) is 5.92 Å². The molecular weight excluding hydrogens is 252 g/mol. The van der Waals surface area contributed by atoms with Crippen molar-refractivity contribution in [2.45, 2.75) is 33.2 Å². The van der Waals surface area contributed by atoms with Crippen LogP contribution in [0.15, 0.2) is 41.3 Å². The van der Waals surface area contributed by atoms with Gasteiger partial charge < -0.3 is 9.73 Å². The maximum atomic E-state index is 12.3. The van der Waals surface area contributed by atoms with Crippen LogP contribution in [0.2, 0.25) is 0 Å². The number of rotatable bonds is 5. The van der Waals surface area contributed by atoms with Crippen LogP contribution in [-0.4, -0.2) is 10.9 Å². The number of aromatic nitrogens is 1. The molecule has 0 saturated carbocycles. The molecule has 0 aliphatic rings. The first-order chi connectivity index (χ1) is 9.58. The quantitative estimate of drug-likeness (QED) is 0.906. The van der Waals surface area contributed by atoms with Gasteiger partial charge >= 0.3 is 0 Å². The van der Waals surface area contributed by atoms with E-state index in [-0.39, 0.29) is 11.9 Å². The summed E-state index contributed by atoms with van der Waals surface area (Å²) in [7, 11) is 0. The van der Waals surface area contributed by atoms with E-state index in [1.54, 1.807) is 18.5 Å². The van der Waals surface area contributed by atoms with E-state index in [1.807, 2.05) is 19.1 Å². The molecule has 2 aromatic rings. The van der Waals surface area contributed by atoms with Gasteiger partial charge in [0.2, 0.25) is 0 Å². The Hall–Kier alpha value is -2.10. The second-order valence-electron chi connectivity index (χ2n) is 5.37. The fourth-order valence-corrected chi connectivity index (χ4v) is 2.16. The van der Waals surface area contributed by atoms with Gasteiger partial charge in [-0.2, -0.15) is 0 Å². The molecule has 1 atom stereocenters. The second-order valence-corrected chi connectivity index (χ2v) is 5.37. The van der Waals surface area contributed by atoms with Gasteiger partial charge in [0.05, 0.1) is 12.3 Å². The lowest BCUT2D eigenvalue weighted by Gasteiger charge is -2.20. The number of hydrogen-bond acceptors (Lipinski definition) is 3. The minimum absolute atomic E-state index is 0.0549. The maximum Gasteiger partial charge on any atom is 0.287 e. The van der Waals surface area contributed by atoms with Gasteiger partial charge in [-0.05, 0) is 37.0 Å². The lowest BCUT2D eigenvalue weighted by atomic mass is 9.98. The zero-order chi connectivity index (χ0) is 14.5. The Morgan fingerprint density at radius 1 is 1.40 bits per heavy atom. The van der Waals surface area contributed by atoms with Crippen LogP contribution in [0.25, 0.3) is 0 Å². The van der Waals surface area contributed by atoms with Gasteiger partial charge in [0.15, 0.2) is 5.76 Å². The van der Waals surface area contributed by atoms with Gasteiger partial charge in [-0.1, -0.05) is 19.9 Å². The highest BCUT2D eigenvalue weighted by Crippen LogP contribution is 2.21. The standard InChI is InChI=1S/C16H20N2O2/c1-11(2)9-14(13-5-4-7-17-10-13)18-16(19)15-12(3)6-8-20-15/h4-8,10-11,14H,9H2,1-3H3,(H,18,19)/t14-/m0/s1. The number of aryl methyl sites for hydroxylation is 1. The van der Waals surface area contributed by atoms with Gasteiger partial charge in [-0.3, -0.25) is 9.78 Å². The van der Waals surface area contributed by atoms with E-state index in [0.29, 0.717) is 11.7 Å². The molecular formula is C16H20N2O2. The van der Waals surface area contributed by atoms with Crippen molar-refractivity contribution in [1.82, 2.24) is 10.3 Å². The highest BCUT2D eigenvalue weighted by Gasteiger charge is 2.20. The first kappa shape index (κ1) is 14.3. The monoisotopic (exact) mass is 272 g/mol. The van der Waals surface area contributed by atoms with Crippen LogP contribution >= 0.6 is 0 Å². The summed E-state index contributed by atoms with van der Waals surface area (Å²) in [6.45, 7) is 6.13. The third-order valence-electron chi connectivity index (χ3n) is 3.17. The SMILES string of the molecule is Cc1ccoc1C(=O)N[C@@H](CC(C)C)c1cccnc1. The fourth-order valence-electron chi connectivity index (χ4n) is 2.16. The Balaban J connectivity index is 2.16. The summed E-state index contributed by atoms with van der Waals surface area (Å²) < 4.78 is 5.24. The minimum Gasteiger partial charge on any atom is -0.459 e. The number of nitrogens with one attached hydrogen (secondary N) is 1. The molecule has 0 aliphatic heterocycles. The normalized spacial score (nSPS) is 12.4. The third-order valence-corrected chi connectivity index (χ3v) is 3.17. The zero-order valence-corrected chi connectivity index (χ0v) is 12.1. The van der Waals surface area contributed by atoms with Crippen molar-refractivity contribution < 1.29 is 9.21 Å². The van der Waals surface area contributed by atoms with Gasteiger partial charge in [0.1, 0.15) is 0 Å². The van der Waals surface area contributed by atoms with Crippen molar-refractivity contribution in [3.05, 3.63) is 53.7 Å². The van der Waals surface area contributed by atoms with E-state index < -0.39 is 0 Å². The maximum absolute atomic E-state index is 12.3. The molecule has 2 aromatic heterocycles. The topological polar surface area (TPSA) is 55.1 Å². The number of furan rings is 1. The second kappa shape index (κ2) is 6.37. The molecule has 0 aliphatic carbocycles. The Labute approximate surface area is 119 Å². The van der Waals surface area contributed by atoms with Crippen LogP contribution < -0.4 is 5.32 Å². The van der Waals surface area contributed by atoms with Crippen molar-refractivity contribution in [2.75, 3.05) is 0 Å². The first-order valence-corrected chi connectivity index (χ1v) is 6.82. The van der Waals surface area contributed by atoms with Gasteiger partial charge in [-0.25, -0.2) is 0 Å². The highest BCUT2D eigenvalue weighted by molar-refractivity contribution is 5.93. The van der Waals surface area contributed by atoms with Crippen molar-refractivity contribution in [3.8, 4) is 0 Å². The molecule has 2 rings (SSSR count). The summed E-state index contributed by atoms with van der Waals surface area (Å²) in [6.07, 6.45) is 5.92. The summed E-state index contributed by atoms with van der Waals surface area (Å²) in [5.41, 5.74) is 1.86. The molecule has 0 fully saturated rings. The molecule has 20 heavy (non-hydrogen) atoms. The first-order valence-electron chi connectivity index (χ1n) is 6.82. The van der Waals surface area contributed by atoms with E-state index in [9.17, 15) is 4.79 Å².